The molecule has 88 valence electrons. The summed E-state index contributed by atoms with van der Waals surface area (Å²) in [6.45, 7) is 6.07. The lowest BCUT2D eigenvalue weighted by Gasteiger charge is -2.17. The second-order valence-corrected chi connectivity index (χ2v) is 5.33. The lowest BCUT2D eigenvalue weighted by molar-refractivity contribution is 0.0930. The largest absolute Gasteiger partial charge is 0.507 e. The first-order valence-electron chi connectivity index (χ1n) is 5.21. The SMILES string of the molecule is CC(C)C(C)NC(=O)c1ccc(I)c(O)c1. The van der Waals surface area contributed by atoms with Crippen LogP contribution in [0, 0.1) is 9.49 Å². The van der Waals surface area contributed by atoms with Crippen LogP contribution in [-0.2, 0) is 0 Å². The van der Waals surface area contributed by atoms with Gasteiger partial charge in [-0.1, -0.05) is 13.8 Å². The van der Waals surface area contributed by atoms with Crippen LogP contribution in [0.25, 0.3) is 0 Å². The molecule has 0 fully saturated rings. The highest BCUT2D eigenvalue weighted by molar-refractivity contribution is 14.1. The Morgan fingerprint density at radius 2 is 2.00 bits per heavy atom. The molecule has 0 aliphatic carbocycles. The third-order valence-corrected chi connectivity index (χ3v) is 3.48. The standard InChI is InChI=1S/C12H16INO2/c1-7(2)8(3)14-12(16)9-4-5-10(13)11(15)6-9/h4-8,15H,1-3H3,(H,14,16). The molecule has 0 spiro atoms. The molecule has 0 bridgehead atoms. The molecule has 1 amide bonds. The van der Waals surface area contributed by atoms with Crippen LogP contribution in [0.5, 0.6) is 5.75 Å². The average molecular weight is 333 g/mol. The van der Waals surface area contributed by atoms with Crippen molar-refractivity contribution in [3.05, 3.63) is 27.3 Å². The van der Waals surface area contributed by atoms with Gasteiger partial charge in [0, 0.05) is 11.6 Å². The molecule has 0 aliphatic rings. The Hall–Kier alpha value is -0.780. The lowest BCUT2D eigenvalue weighted by atomic mass is 10.1. The predicted molar refractivity (Wildman–Crippen MR) is 72.6 cm³/mol. The first-order valence-corrected chi connectivity index (χ1v) is 6.29. The predicted octanol–water partition coefficient (Wildman–Crippen LogP) is 2.77. The maximum atomic E-state index is 11.8. The van der Waals surface area contributed by atoms with E-state index in [1.807, 2.05) is 29.5 Å². The Bertz CT molecular complexity index is 391. The molecule has 0 heterocycles. The number of carbonyl (C=O) groups is 1. The number of carbonyl (C=O) groups excluding carboxylic acids is 1. The minimum absolute atomic E-state index is 0.119. The van der Waals surface area contributed by atoms with Crippen LogP contribution in [0.4, 0.5) is 0 Å². The van der Waals surface area contributed by atoms with Crippen LogP contribution < -0.4 is 5.32 Å². The third kappa shape index (κ3) is 3.37. The van der Waals surface area contributed by atoms with Gasteiger partial charge in [-0.2, -0.15) is 0 Å². The van der Waals surface area contributed by atoms with Gasteiger partial charge in [0.25, 0.3) is 5.91 Å². The molecule has 4 heteroatoms. The van der Waals surface area contributed by atoms with Crippen molar-refractivity contribution in [1.29, 1.82) is 0 Å². The molecular weight excluding hydrogens is 317 g/mol. The van der Waals surface area contributed by atoms with Crippen LogP contribution in [-0.4, -0.2) is 17.1 Å². The molecule has 0 saturated heterocycles. The fraction of sp³-hybridized carbons (Fsp3) is 0.417. The van der Waals surface area contributed by atoms with E-state index in [2.05, 4.69) is 19.2 Å². The summed E-state index contributed by atoms with van der Waals surface area (Å²) in [6.07, 6.45) is 0. The average Bonchev–Trinajstić information content (AvgIpc) is 2.21. The highest BCUT2D eigenvalue weighted by Crippen LogP contribution is 2.20. The number of hydrogen-bond acceptors (Lipinski definition) is 2. The van der Waals surface area contributed by atoms with Gasteiger partial charge in [0.2, 0.25) is 0 Å². The molecule has 0 radical (unpaired) electrons. The van der Waals surface area contributed by atoms with Gasteiger partial charge in [-0.3, -0.25) is 4.79 Å². The second kappa shape index (κ2) is 5.52. The van der Waals surface area contributed by atoms with Crippen LogP contribution in [0.1, 0.15) is 31.1 Å². The highest BCUT2D eigenvalue weighted by atomic mass is 127. The van der Waals surface area contributed by atoms with E-state index in [1.165, 1.54) is 6.07 Å². The third-order valence-electron chi connectivity index (χ3n) is 2.57. The van der Waals surface area contributed by atoms with Crippen molar-refractivity contribution in [2.45, 2.75) is 26.8 Å². The van der Waals surface area contributed by atoms with Gasteiger partial charge in [-0.05, 0) is 53.6 Å². The van der Waals surface area contributed by atoms with E-state index in [1.54, 1.807) is 12.1 Å². The Kier molecular flexibility index (Phi) is 4.58. The highest BCUT2D eigenvalue weighted by Gasteiger charge is 2.13. The molecule has 1 aromatic carbocycles. The number of hydrogen-bond donors (Lipinski definition) is 2. The van der Waals surface area contributed by atoms with E-state index in [0.717, 1.165) is 3.57 Å². The molecular formula is C12H16INO2. The fourth-order valence-electron chi connectivity index (χ4n) is 1.11. The van der Waals surface area contributed by atoms with Crippen molar-refractivity contribution in [1.82, 2.24) is 5.32 Å². The number of rotatable bonds is 3. The van der Waals surface area contributed by atoms with Gasteiger partial charge in [-0.15, -0.1) is 0 Å². The maximum absolute atomic E-state index is 11.8. The Balaban J connectivity index is 2.77. The number of halogens is 1. The summed E-state index contributed by atoms with van der Waals surface area (Å²) in [7, 11) is 0. The fourth-order valence-corrected chi connectivity index (χ4v) is 1.45. The molecule has 3 nitrogen and oxygen atoms in total. The second-order valence-electron chi connectivity index (χ2n) is 4.17. The number of nitrogens with one attached hydrogen (secondary N) is 1. The van der Waals surface area contributed by atoms with E-state index in [4.69, 9.17) is 0 Å². The monoisotopic (exact) mass is 333 g/mol. The summed E-state index contributed by atoms with van der Waals surface area (Å²) >= 11 is 2.02. The van der Waals surface area contributed by atoms with Crippen molar-refractivity contribution < 1.29 is 9.90 Å². The molecule has 0 aliphatic heterocycles. The van der Waals surface area contributed by atoms with Crippen molar-refractivity contribution in [3.63, 3.8) is 0 Å². The van der Waals surface area contributed by atoms with Crippen molar-refractivity contribution in [3.8, 4) is 5.75 Å². The Labute approximate surface area is 109 Å². The van der Waals surface area contributed by atoms with Gasteiger partial charge in [-0.25, -0.2) is 0 Å². The number of phenolic OH excluding ortho intramolecular Hbond substituents is 1. The van der Waals surface area contributed by atoms with E-state index in [0.29, 0.717) is 11.5 Å². The molecule has 1 rings (SSSR count). The first-order chi connectivity index (χ1) is 7.41. The molecule has 1 aromatic rings. The summed E-state index contributed by atoms with van der Waals surface area (Å²) in [6, 6.07) is 5.05. The quantitative estimate of drug-likeness (QED) is 0.836. The lowest BCUT2D eigenvalue weighted by Crippen LogP contribution is -2.36. The van der Waals surface area contributed by atoms with Crippen LogP contribution in [0.15, 0.2) is 18.2 Å². The molecule has 1 unspecified atom stereocenters. The number of benzene rings is 1. The molecule has 16 heavy (non-hydrogen) atoms. The zero-order chi connectivity index (χ0) is 12.3. The molecule has 0 aromatic heterocycles. The molecule has 1 atom stereocenters. The normalized spacial score (nSPS) is 12.6. The van der Waals surface area contributed by atoms with Crippen LogP contribution in [0.2, 0.25) is 0 Å². The first kappa shape index (κ1) is 13.3. The van der Waals surface area contributed by atoms with Gasteiger partial charge in [0.15, 0.2) is 0 Å². The maximum Gasteiger partial charge on any atom is 0.251 e. The zero-order valence-corrected chi connectivity index (χ0v) is 11.8. The summed E-state index contributed by atoms with van der Waals surface area (Å²) < 4.78 is 0.742. The van der Waals surface area contributed by atoms with E-state index in [9.17, 15) is 9.90 Å². The summed E-state index contributed by atoms with van der Waals surface area (Å²) in [4.78, 5) is 11.8. The Morgan fingerprint density at radius 3 is 2.50 bits per heavy atom. The zero-order valence-electron chi connectivity index (χ0n) is 9.62. The molecule has 0 saturated carbocycles. The van der Waals surface area contributed by atoms with Crippen molar-refractivity contribution >= 4 is 28.5 Å². The van der Waals surface area contributed by atoms with Gasteiger partial charge in [0.1, 0.15) is 5.75 Å². The van der Waals surface area contributed by atoms with Gasteiger partial charge in [0.05, 0.1) is 3.57 Å². The van der Waals surface area contributed by atoms with Crippen molar-refractivity contribution in [2.75, 3.05) is 0 Å². The van der Waals surface area contributed by atoms with Gasteiger partial charge < -0.3 is 10.4 Å². The minimum atomic E-state index is -0.145. The Morgan fingerprint density at radius 1 is 1.38 bits per heavy atom. The van der Waals surface area contributed by atoms with Gasteiger partial charge >= 0.3 is 0 Å². The van der Waals surface area contributed by atoms with Crippen molar-refractivity contribution in [2.24, 2.45) is 5.92 Å². The van der Waals surface area contributed by atoms with Crippen LogP contribution in [0.3, 0.4) is 0 Å². The summed E-state index contributed by atoms with van der Waals surface area (Å²) in [5.74, 6) is 0.389. The van der Waals surface area contributed by atoms with E-state index in [-0.39, 0.29) is 17.7 Å². The van der Waals surface area contributed by atoms with E-state index < -0.39 is 0 Å². The number of amides is 1. The number of aromatic hydroxyl groups is 1. The summed E-state index contributed by atoms with van der Waals surface area (Å²) in [5.41, 5.74) is 0.491. The smallest absolute Gasteiger partial charge is 0.251 e. The van der Waals surface area contributed by atoms with E-state index >= 15 is 0 Å². The summed E-state index contributed by atoms with van der Waals surface area (Å²) in [5, 5.41) is 12.4. The molecule has 2 N–H and O–H groups in total. The minimum Gasteiger partial charge on any atom is -0.507 e. The topological polar surface area (TPSA) is 49.3 Å². The number of phenols is 1. The van der Waals surface area contributed by atoms with Crippen LogP contribution >= 0.6 is 22.6 Å².